The van der Waals surface area contributed by atoms with Crippen molar-refractivity contribution in [3.8, 4) is 6.07 Å². The number of rotatable bonds is 1. The maximum atomic E-state index is 10.9. The normalized spacial score (nSPS) is 38.6. The highest BCUT2D eigenvalue weighted by atomic mass is 16.3. The summed E-state index contributed by atoms with van der Waals surface area (Å²) in [7, 11) is 2.09. The summed E-state index contributed by atoms with van der Waals surface area (Å²) < 4.78 is 0. The minimum atomic E-state index is -0.747. The van der Waals surface area contributed by atoms with Gasteiger partial charge >= 0.3 is 0 Å². The van der Waals surface area contributed by atoms with Crippen LogP contribution >= 0.6 is 0 Å². The third-order valence-electron chi connectivity index (χ3n) is 4.92. The molecule has 0 amide bonds. The molecule has 1 aliphatic heterocycles. The molecule has 96 valence electrons. The van der Waals surface area contributed by atoms with Crippen LogP contribution in [-0.2, 0) is 0 Å². The van der Waals surface area contributed by atoms with E-state index in [-0.39, 0.29) is 0 Å². The van der Waals surface area contributed by atoms with Crippen LogP contribution in [-0.4, -0.2) is 35.7 Å². The Hall–Kier alpha value is -0.590. The first-order valence-corrected chi connectivity index (χ1v) is 6.83. The third-order valence-corrected chi connectivity index (χ3v) is 4.92. The predicted molar refractivity (Wildman–Crippen MR) is 67.4 cm³/mol. The van der Waals surface area contributed by atoms with Gasteiger partial charge in [-0.1, -0.05) is 19.8 Å². The van der Waals surface area contributed by atoms with E-state index in [0.717, 1.165) is 45.2 Å². The van der Waals surface area contributed by atoms with Gasteiger partial charge in [0, 0.05) is 13.1 Å². The van der Waals surface area contributed by atoms with Crippen molar-refractivity contribution in [2.24, 2.45) is 11.3 Å². The first-order valence-electron chi connectivity index (χ1n) is 6.83. The van der Waals surface area contributed by atoms with Crippen molar-refractivity contribution in [1.29, 1.82) is 5.26 Å². The highest BCUT2D eigenvalue weighted by Crippen LogP contribution is 2.50. The van der Waals surface area contributed by atoms with Gasteiger partial charge in [0.25, 0.3) is 0 Å². The molecule has 2 atom stereocenters. The average molecular weight is 236 g/mol. The maximum Gasteiger partial charge on any atom is 0.0863 e. The summed E-state index contributed by atoms with van der Waals surface area (Å²) in [4.78, 5) is 2.24. The Kier molecular flexibility index (Phi) is 3.47. The largest absolute Gasteiger partial charge is 0.388 e. The minimum Gasteiger partial charge on any atom is -0.388 e. The van der Waals surface area contributed by atoms with Gasteiger partial charge in [-0.05, 0) is 38.6 Å². The van der Waals surface area contributed by atoms with E-state index < -0.39 is 11.0 Å². The van der Waals surface area contributed by atoms with Crippen molar-refractivity contribution in [3.05, 3.63) is 0 Å². The molecule has 0 aromatic heterocycles. The van der Waals surface area contributed by atoms with Crippen LogP contribution in [0.25, 0.3) is 0 Å². The lowest BCUT2D eigenvalue weighted by Crippen LogP contribution is -2.55. The fraction of sp³-hybridized carbons (Fsp3) is 0.929. The van der Waals surface area contributed by atoms with Crippen molar-refractivity contribution in [2.75, 3.05) is 20.1 Å². The van der Waals surface area contributed by atoms with Crippen LogP contribution in [0.4, 0.5) is 0 Å². The van der Waals surface area contributed by atoms with E-state index in [1.165, 1.54) is 6.42 Å². The molecule has 2 fully saturated rings. The van der Waals surface area contributed by atoms with Crippen LogP contribution in [0.15, 0.2) is 0 Å². The van der Waals surface area contributed by atoms with Crippen LogP contribution in [0.2, 0.25) is 0 Å². The van der Waals surface area contributed by atoms with E-state index in [4.69, 9.17) is 0 Å². The van der Waals surface area contributed by atoms with Crippen LogP contribution in [0.1, 0.15) is 45.4 Å². The Bertz CT molecular complexity index is 315. The molecule has 1 saturated carbocycles. The van der Waals surface area contributed by atoms with Crippen LogP contribution in [0.5, 0.6) is 0 Å². The van der Waals surface area contributed by atoms with Crippen molar-refractivity contribution in [2.45, 2.75) is 51.0 Å². The van der Waals surface area contributed by atoms with Gasteiger partial charge in [-0.15, -0.1) is 0 Å². The first kappa shape index (κ1) is 12.9. The van der Waals surface area contributed by atoms with E-state index in [1.807, 2.05) is 0 Å². The van der Waals surface area contributed by atoms with E-state index in [9.17, 15) is 10.4 Å². The monoisotopic (exact) mass is 236 g/mol. The predicted octanol–water partition coefficient (Wildman–Crippen LogP) is 2.16. The molecule has 3 nitrogen and oxygen atoms in total. The van der Waals surface area contributed by atoms with Gasteiger partial charge in [-0.3, -0.25) is 0 Å². The van der Waals surface area contributed by atoms with Gasteiger partial charge in [-0.2, -0.15) is 5.26 Å². The van der Waals surface area contributed by atoms with E-state index in [1.54, 1.807) is 0 Å². The summed E-state index contributed by atoms with van der Waals surface area (Å²) in [5.74, 6) is 0.576. The SMILES string of the molecule is CC1CCCC(C#N)(C2(O)CCN(C)CC2)C1. The van der Waals surface area contributed by atoms with Gasteiger partial charge in [0.15, 0.2) is 0 Å². The Morgan fingerprint density at radius 3 is 2.47 bits per heavy atom. The summed E-state index contributed by atoms with van der Waals surface area (Å²) >= 11 is 0. The zero-order valence-corrected chi connectivity index (χ0v) is 11.1. The van der Waals surface area contributed by atoms with Gasteiger partial charge in [-0.25, -0.2) is 0 Å². The molecule has 1 aliphatic carbocycles. The van der Waals surface area contributed by atoms with Crippen LogP contribution < -0.4 is 0 Å². The summed E-state index contributed by atoms with van der Waals surface area (Å²) in [6, 6.07) is 2.50. The molecule has 3 heteroatoms. The number of nitrogens with zero attached hydrogens (tertiary/aromatic N) is 2. The number of aliphatic hydroxyl groups is 1. The number of hydrogen-bond acceptors (Lipinski definition) is 3. The number of piperidine rings is 1. The van der Waals surface area contributed by atoms with Gasteiger partial charge in [0.2, 0.25) is 0 Å². The molecule has 1 N–H and O–H groups in total. The van der Waals surface area contributed by atoms with E-state index in [0.29, 0.717) is 5.92 Å². The molecule has 17 heavy (non-hydrogen) atoms. The quantitative estimate of drug-likeness (QED) is 0.759. The summed E-state index contributed by atoms with van der Waals surface area (Å²) in [6.07, 6.45) is 5.57. The molecule has 0 aromatic carbocycles. The Morgan fingerprint density at radius 1 is 1.29 bits per heavy atom. The minimum absolute atomic E-state index is 0.480. The fourth-order valence-electron chi connectivity index (χ4n) is 3.65. The third kappa shape index (κ3) is 2.21. The number of hydrogen-bond donors (Lipinski definition) is 1. The lowest BCUT2D eigenvalue weighted by Gasteiger charge is -2.49. The van der Waals surface area contributed by atoms with Gasteiger partial charge < -0.3 is 10.0 Å². The Labute approximate surface area is 104 Å². The topological polar surface area (TPSA) is 47.3 Å². The zero-order chi connectivity index (χ0) is 12.5. The second-order valence-electron chi connectivity index (χ2n) is 6.23. The molecule has 2 aliphatic rings. The highest BCUT2D eigenvalue weighted by Gasteiger charge is 2.52. The molecule has 0 bridgehead atoms. The second-order valence-corrected chi connectivity index (χ2v) is 6.23. The molecule has 0 spiro atoms. The Morgan fingerprint density at radius 2 is 1.94 bits per heavy atom. The zero-order valence-electron chi connectivity index (χ0n) is 11.1. The molecular formula is C14H24N2O. The Balaban J connectivity index is 2.19. The van der Waals surface area contributed by atoms with Crippen molar-refractivity contribution >= 4 is 0 Å². The standard InChI is InChI=1S/C14H24N2O/c1-12-4-3-5-13(10-12,11-15)14(17)6-8-16(2)9-7-14/h12,17H,3-10H2,1-2H3. The smallest absolute Gasteiger partial charge is 0.0863 e. The van der Waals surface area contributed by atoms with Gasteiger partial charge in [0.05, 0.1) is 17.1 Å². The number of nitriles is 1. The maximum absolute atomic E-state index is 10.9. The van der Waals surface area contributed by atoms with Crippen LogP contribution in [0, 0.1) is 22.7 Å². The summed E-state index contributed by atoms with van der Waals surface area (Å²) in [5, 5.41) is 20.6. The summed E-state index contributed by atoms with van der Waals surface area (Å²) in [5.41, 5.74) is -1.23. The second kappa shape index (κ2) is 4.59. The van der Waals surface area contributed by atoms with Crippen molar-refractivity contribution in [1.82, 2.24) is 4.90 Å². The molecule has 0 aromatic rings. The lowest BCUT2D eigenvalue weighted by atomic mass is 9.59. The molecule has 2 unspecified atom stereocenters. The van der Waals surface area contributed by atoms with Crippen molar-refractivity contribution < 1.29 is 5.11 Å². The van der Waals surface area contributed by atoms with Crippen molar-refractivity contribution in [3.63, 3.8) is 0 Å². The molecule has 2 rings (SSSR count). The number of likely N-dealkylation sites (tertiary alicyclic amines) is 1. The molecule has 1 saturated heterocycles. The average Bonchev–Trinajstić information content (AvgIpc) is 2.33. The highest BCUT2D eigenvalue weighted by molar-refractivity contribution is 5.14. The molecule has 1 heterocycles. The first-order chi connectivity index (χ1) is 8.01. The van der Waals surface area contributed by atoms with Crippen LogP contribution in [0.3, 0.4) is 0 Å². The van der Waals surface area contributed by atoms with Gasteiger partial charge in [0.1, 0.15) is 0 Å². The summed E-state index contributed by atoms with van der Waals surface area (Å²) in [6.45, 7) is 4.03. The molecule has 0 radical (unpaired) electrons. The molecular weight excluding hydrogens is 212 g/mol. The fourth-order valence-corrected chi connectivity index (χ4v) is 3.65. The lowest BCUT2D eigenvalue weighted by molar-refractivity contribution is -0.113. The van der Waals surface area contributed by atoms with E-state index >= 15 is 0 Å². The van der Waals surface area contributed by atoms with E-state index in [2.05, 4.69) is 24.9 Å².